The van der Waals surface area contributed by atoms with Crippen molar-refractivity contribution in [3.05, 3.63) is 18.0 Å². The first kappa shape index (κ1) is 9.69. The van der Waals surface area contributed by atoms with Crippen LogP contribution in [0.2, 0.25) is 0 Å². The van der Waals surface area contributed by atoms with Crippen LogP contribution in [0.4, 0.5) is 0 Å². The molecule has 0 fully saturated rings. The molecule has 4 N–H and O–H groups in total. The minimum Gasteiger partial charge on any atom is -0.480 e. The molecule has 6 heteroatoms. The summed E-state index contributed by atoms with van der Waals surface area (Å²) in [4.78, 5) is 10.4. The normalized spacial score (nSPS) is 15.3. The average Bonchev–Trinajstić information content (AvgIpc) is 2.49. The van der Waals surface area contributed by atoms with E-state index in [0.717, 1.165) is 0 Å². The number of hydrogen-bond acceptors (Lipinski definition) is 4. The van der Waals surface area contributed by atoms with E-state index in [0.29, 0.717) is 5.56 Å². The summed E-state index contributed by atoms with van der Waals surface area (Å²) in [5.74, 6) is -1.24. The molecule has 0 aromatic carbocycles. The van der Waals surface area contributed by atoms with Crippen LogP contribution in [0.25, 0.3) is 0 Å². The molecule has 1 aromatic heterocycles. The summed E-state index contributed by atoms with van der Waals surface area (Å²) in [5, 5.41) is 21.7. The molecule has 0 aliphatic rings. The van der Waals surface area contributed by atoms with Crippen LogP contribution in [0.3, 0.4) is 0 Å². The maximum absolute atomic E-state index is 10.4. The Morgan fingerprint density at radius 3 is 2.77 bits per heavy atom. The molecule has 13 heavy (non-hydrogen) atoms. The van der Waals surface area contributed by atoms with Crippen LogP contribution < -0.4 is 5.73 Å². The molecule has 2 unspecified atom stereocenters. The van der Waals surface area contributed by atoms with Crippen molar-refractivity contribution in [3.8, 4) is 0 Å². The molecule has 0 aliphatic heterocycles. The number of aryl methyl sites for hydroxylation is 1. The average molecular weight is 185 g/mol. The van der Waals surface area contributed by atoms with Gasteiger partial charge in [-0.25, -0.2) is 0 Å². The monoisotopic (exact) mass is 185 g/mol. The van der Waals surface area contributed by atoms with Gasteiger partial charge in [0.2, 0.25) is 0 Å². The third-order valence-electron chi connectivity index (χ3n) is 1.69. The second kappa shape index (κ2) is 3.55. The number of carboxylic acid groups (broad SMARTS) is 1. The van der Waals surface area contributed by atoms with Crippen LogP contribution in [0, 0.1) is 0 Å². The predicted molar refractivity (Wildman–Crippen MR) is 43.8 cm³/mol. The number of carbonyl (C=O) groups is 1. The third-order valence-corrected chi connectivity index (χ3v) is 1.69. The van der Waals surface area contributed by atoms with Gasteiger partial charge in [-0.05, 0) is 0 Å². The second-order valence-corrected chi connectivity index (χ2v) is 2.76. The lowest BCUT2D eigenvalue weighted by Crippen LogP contribution is -2.36. The lowest BCUT2D eigenvalue weighted by atomic mass is 10.1. The van der Waals surface area contributed by atoms with Crippen molar-refractivity contribution in [1.29, 1.82) is 0 Å². The highest BCUT2D eigenvalue weighted by molar-refractivity contribution is 5.74. The molecule has 0 aliphatic carbocycles. The standard InChI is InChI=1S/C7H11N3O3/c1-10-3-4(2-9-10)6(11)5(8)7(12)13/h2-3,5-6,11H,8H2,1H3,(H,12,13). The zero-order valence-electron chi connectivity index (χ0n) is 7.08. The van der Waals surface area contributed by atoms with Gasteiger partial charge in [0.15, 0.2) is 0 Å². The highest BCUT2D eigenvalue weighted by atomic mass is 16.4. The summed E-state index contributed by atoms with van der Waals surface area (Å²) in [6.45, 7) is 0. The van der Waals surface area contributed by atoms with Crippen LogP contribution >= 0.6 is 0 Å². The SMILES string of the molecule is Cn1cc(C(O)C(N)C(=O)O)cn1. The van der Waals surface area contributed by atoms with E-state index in [1.165, 1.54) is 17.1 Å². The smallest absolute Gasteiger partial charge is 0.323 e. The second-order valence-electron chi connectivity index (χ2n) is 2.76. The number of aliphatic hydroxyl groups is 1. The fraction of sp³-hybridized carbons (Fsp3) is 0.429. The first-order chi connectivity index (χ1) is 6.02. The number of nitrogens with zero attached hydrogens (tertiary/aromatic N) is 2. The van der Waals surface area contributed by atoms with Gasteiger partial charge in [-0.15, -0.1) is 0 Å². The third kappa shape index (κ3) is 2.04. The van der Waals surface area contributed by atoms with Crippen LogP contribution in [0.5, 0.6) is 0 Å². The molecule has 0 saturated heterocycles. The summed E-state index contributed by atoms with van der Waals surface area (Å²) < 4.78 is 1.47. The van der Waals surface area contributed by atoms with E-state index in [4.69, 9.17) is 10.8 Å². The van der Waals surface area contributed by atoms with Crippen molar-refractivity contribution in [1.82, 2.24) is 9.78 Å². The van der Waals surface area contributed by atoms with E-state index >= 15 is 0 Å². The fourth-order valence-electron chi connectivity index (χ4n) is 0.935. The van der Waals surface area contributed by atoms with Crippen molar-refractivity contribution in [2.24, 2.45) is 12.8 Å². The number of aromatic nitrogens is 2. The molecule has 1 rings (SSSR count). The molecule has 6 nitrogen and oxygen atoms in total. The van der Waals surface area contributed by atoms with E-state index in [1.807, 2.05) is 0 Å². The maximum atomic E-state index is 10.4. The maximum Gasteiger partial charge on any atom is 0.323 e. The minimum atomic E-state index is -1.32. The van der Waals surface area contributed by atoms with Crippen LogP contribution in [0.15, 0.2) is 12.4 Å². The van der Waals surface area contributed by atoms with Crippen molar-refractivity contribution in [3.63, 3.8) is 0 Å². The number of aliphatic carboxylic acids is 1. The minimum absolute atomic E-state index is 0.400. The topological polar surface area (TPSA) is 101 Å². The Morgan fingerprint density at radius 2 is 2.38 bits per heavy atom. The molecular formula is C7H11N3O3. The summed E-state index contributed by atoms with van der Waals surface area (Å²) in [7, 11) is 1.67. The van der Waals surface area contributed by atoms with E-state index in [9.17, 15) is 9.90 Å². The first-order valence-electron chi connectivity index (χ1n) is 3.67. The first-order valence-corrected chi connectivity index (χ1v) is 3.67. The Morgan fingerprint density at radius 1 is 1.77 bits per heavy atom. The highest BCUT2D eigenvalue weighted by Gasteiger charge is 2.24. The van der Waals surface area contributed by atoms with E-state index in [1.54, 1.807) is 7.05 Å². The van der Waals surface area contributed by atoms with Crippen molar-refractivity contribution in [2.75, 3.05) is 0 Å². The summed E-state index contributed by atoms with van der Waals surface area (Å²) >= 11 is 0. The summed E-state index contributed by atoms with van der Waals surface area (Å²) in [5.41, 5.74) is 5.62. The van der Waals surface area contributed by atoms with E-state index < -0.39 is 18.1 Å². The van der Waals surface area contributed by atoms with Gasteiger partial charge in [-0.2, -0.15) is 5.10 Å². The molecule has 1 heterocycles. The fourth-order valence-corrected chi connectivity index (χ4v) is 0.935. The van der Waals surface area contributed by atoms with Gasteiger partial charge in [0.25, 0.3) is 0 Å². The molecule has 0 spiro atoms. The number of aliphatic hydroxyl groups excluding tert-OH is 1. The summed E-state index contributed by atoms with van der Waals surface area (Å²) in [6.07, 6.45) is 1.69. The van der Waals surface area contributed by atoms with Crippen LogP contribution in [-0.4, -0.2) is 32.0 Å². The van der Waals surface area contributed by atoms with Gasteiger partial charge in [0.1, 0.15) is 12.1 Å². The molecule has 0 saturated carbocycles. The molecule has 0 radical (unpaired) electrons. The van der Waals surface area contributed by atoms with Crippen molar-refractivity contribution in [2.45, 2.75) is 12.1 Å². The Balaban J connectivity index is 2.78. The van der Waals surface area contributed by atoms with E-state index in [-0.39, 0.29) is 0 Å². The van der Waals surface area contributed by atoms with Gasteiger partial charge in [-0.1, -0.05) is 0 Å². The number of rotatable bonds is 3. The molecule has 2 atom stereocenters. The van der Waals surface area contributed by atoms with Gasteiger partial charge in [0.05, 0.1) is 6.20 Å². The number of carboxylic acids is 1. The lowest BCUT2D eigenvalue weighted by Gasteiger charge is -2.12. The molecule has 72 valence electrons. The lowest BCUT2D eigenvalue weighted by molar-refractivity contribution is -0.141. The number of nitrogens with two attached hydrogens (primary N) is 1. The van der Waals surface area contributed by atoms with Gasteiger partial charge < -0.3 is 15.9 Å². The Bertz CT molecular complexity index is 310. The molecule has 0 amide bonds. The quantitative estimate of drug-likeness (QED) is 0.552. The molecular weight excluding hydrogens is 174 g/mol. The zero-order chi connectivity index (χ0) is 10.0. The van der Waals surface area contributed by atoms with Crippen LogP contribution in [0.1, 0.15) is 11.7 Å². The largest absolute Gasteiger partial charge is 0.480 e. The van der Waals surface area contributed by atoms with Crippen molar-refractivity contribution < 1.29 is 15.0 Å². The van der Waals surface area contributed by atoms with Gasteiger partial charge in [0, 0.05) is 18.8 Å². The van der Waals surface area contributed by atoms with Gasteiger partial charge in [-0.3, -0.25) is 9.48 Å². The van der Waals surface area contributed by atoms with Gasteiger partial charge >= 0.3 is 5.97 Å². The highest BCUT2D eigenvalue weighted by Crippen LogP contribution is 2.14. The predicted octanol–water partition coefficient (Wildman–Crippen LogP) is -1.13. The Hall–Kier alpha value is -1.40. The Labute approximate surface area is 74.6 Å². The number of hydrogen-bond donors (Lipinski definition) is 3. The zero-order valence-corrected chi connectivity index (χ0v) is 7.08. The van der Waals surface area contributed by atoms with E-state index in [2.05, 4.69) is 5.10 Å². The molecule has 1 aromatic rings. The van der Waals surface area contributed by atoms with Crippen molar-refractivity contribution >= 4 is 5.97 Å². The van der Waals surface area contributed by atoms with Crippen LogP contribution in [-0.2, 0) is 11.8 Å². The molecule has 0 bridgehead atoms. The summed E-state index contributed by atoms with van der Waals surface area (Å²) in [6, 6.07) is -1.32. The Kier molecular flexibility index (Phi) is 2.64.